The summed E-state index contributed by atoms with van der Waals surface area (Å²) in [5.41, 5.74) is 12.0. The lowest BCUT2D eigenvalue weighted by molar-refractivity contribution is 0.0995. The molecule has 0 aromatic carbocycles. The van der Waals surface area contributed by atoms with E-state index in [1.54, 1.807) is 12.1 Å². The van der Waals surface area contributed by atoms with Gasteiger partial charge in [0.15, 0.2) is 0 Å². The minimum atomic E-state index is -0.528. The average Bonchev–Trinajstić information content (AvgIpc) is 2.43. The molecule has 1 saturated carbocycles. The lowest BCUT2D eigenvalue weighted by Gasteiger charge is -2.29. The zero-order chi connectivity index (χ0) is 14.5. The molecular formula is C15H24N4O. The highest BCUT2D eigenvalue weighted by Crippen LogP contribution is 2.30. The van der Waals surface area contributed by atoms with Gasteiger partial charge in [0.05, 0.1) is 5.69 Å². The van der Waals surface area contributed by atoms with Gasteiger partial charge >= 0.3 is 0 Å². The van der Waals surface area contributed by atoms with Crippen LogP contribution in [0.25, 0.3) is 0 Å². The second kappa shape index (κ2) is 6.59. The third kappa shape index (κ3) is 3.62. The highest BCUT2D eigenvalue weighted by atomic mass is 16.1. The number of pyridine rings is 1. The number of nitrogens with one attached hydrogen (secondary N) is 1. The van der Waals surface area contributed by atoms with Crippen LogP contribution in [0.2, 0.25) is 0 Å². The van der Waals surface area contributed by atoms with Crippen LogP contribution in [0.15, 0.2) is 12.1 Å². The van der Waals surface area contributed by atoms with Crippen LogP contribution in [0.4, 0.5) is 11.5 Å². The Kier molecular flexibility index (Phi) is 4.82. The molecule has 1 aliphatic carbocycles. The summed E-state index contributed by atoms with van der Waals surface area (Å²) in [6, 6.07) is 3.63. The number of anilines is 2. The van der Waals surface area contributed by atoms with E-state index in [4.69, 9.17) is 11.5 Å². The Bertz CT molecular complexity index is 467. The molecule has 1 aromatic heterocycles. The Labute approximate surface area is 120 Å². The fourth-order valence-corrected chi connectivity index (χ4v) is 2.92. The van der Waals surface area contributed by atoms with Crippen LogP contribution < -0.4 is 16.8 Å². The fourth-order valence-electron chi connectivity index (χ4n) is 2.92. The summed E-state index contributed by atoms with van der Waals surface area (Å²) in [6.45, 7) is 2.24. The van der Waals surface area contributed by atoms with E-state index < -0.39 is 5.91 Å². The first-order valence-electron chi connectivity index (χ1n) is 7.43. The smallest absolute Gasteiger partial charge is 0.267 e. The van der Waals surface area contributed by atoms with Crippen molar-refractivity contribution < 1.29 is 4.79 Å². The molecule has 1 amide bonds. The van der Waals surface area contributed by atoms with Crippen molar-refractivity contribution in [2.24, 2.45) is 11.7 Å². The summed E-state index contributed by atoms with van der Waals surface area (Å²) in [7, 11) is 0. The number of hydrogen-bond donors (Lipinski definition) is 3. The molecule has 2 rings (SSSR count). The van der Waals surface area contributed by atoms with Crippen LogP contribution >= 0.6 is 0 Å². The quantitative estimate of drug-likeness (QED) is 0.770. The second-order valence-electron chi connectivity index (χ2n) is 5.65. The van der Waals surface area contributed by atoms with Crippen molar-refractivity contribution in [2.75, 3.05) is 11.1 Å². The Morgan fingerprint density at radius 1 is 1.35 bits per heavy atom. The number of nitrogen functional groups attached to an aromatic ring is 1. The molecule has 0 unspecified atom stereocenters. The maximum absolute atomic E-state index is 11.2. The number of amides is 1. The lowest BCUT2D eigenvalue weighted by Crippen LogP contribution is -2.27. The lowest BCUT2D eigenvalue weighted by atomic mass is 9.83. The van der Waals surface area contributed by atoms with E-state index in [0.29, 0.717) is 17.5 Å². The van der Waals surface area contributed by atoms with Gasteiger partial charge in [-0.25, -0.2) is 4.98 Å². The van der Waals surface area contributed by atoms with Crippen LogP contribution in [0, 0.1) is 5.92 Å². The Morgan fingerprint density at radius 3 is 2.65 bits per heavy atom. The van der Waals surface area contributed by atoms with Crippen molar-refractivity contribution in [3.8, 4) is 0 Å². The molecule has 0 bridgehead atoms. The molecule has 1 aliphatic rings. The van der Waals surface area contributed by atoms with Crippen molar-refractivity contribution in [1.29, 1.82) is 0 Å². The van der Waals surface area contributed by atoms with E-state index in [1.165, 1.54) is 25.7 Å². The molecule has 0 radical (unpaired) electrons. The van der Waals surface area contributed by atoms with Crippen LogP contribution in [-0.4, -0.2) is 16.9 Å². The molecule has 5 heteroatoms. The summed E-state index contributed by atoms with van der Waals surface area (Å²) in [5, 5.41) is 3.36. The number of carbonyl (C=O) groups is 1. The van der Waals surface area contributed by atoms with E-state index in [0.717, 1.165) is 18.8 Å². The Balaban J connectivity index is 1.97. The Hall–Kier alpha value is -1.78. The third-order valence-corrected chi connectivity index (χ3v) is 4.06. The maximum atomic E-state index is 11.2. The number of primary amides is 1. The van der Waals surface area contributed by atoms with Gasteiger partial charge in [-0.15, -0.1) is 0 Å². The van der Waals surface area contributed by atoms with Crippen LogP contribution in [0.3, 0.4) is 0 Å². The molecule has 0 spiro atoms. The molecule has 1 heterocycles. The number of carbonyl (C=O) groups excluding carboxylic acids is 1. The van der Waals surface area contributed by atoms with E-state index in [1.807, 2.05) is 0 Å². The zero-order valence-electron chi connectivity index (χ0n) is 12.1. The molecule has 0 atom stereocenters. The van der Waals surface area contributed by atoms with Crippen molar-refractivity contribution in [2.45, 2.75) is 51.5 Å². The van der Waals surface area contributed by atoms with E-state index in [9.17, 15) is 4.79 Å². The number of rotatable bonds is 5. The largest absolute Gasteiger partial charge is 0.396 e. The van der Waals surface area contributed by atoms with Crippen molar-refractivity contribution in [3.63, 3.8) is 0 Å². The van der Waals surface area contributed by atoms with Gasteiger partial charge in [0.25, 0.3) is 5.91 Å². The molecule has 1 fully saturated rings. The first kappa shape index (κ1) is 14.6. The summed E-state index contributed by atoms with van der Waals surface area (Å²) in [5.74, 6) is 0.917. The fraction of sp³-hybridized carbons (Fsp3) is 0.600. The topological polar surface area (TPSA) is 94.0 Å². The number of nitrogens with zero attached hydrogens (tertiary/aromatic N) is 1. The molecule has 1 aromatic rings. The van der Waals surface area contributed by atoms with Crippen molar-refractivity contribution in [3.05, 3.63) is 17.8 Å². The first-order chi connectivity index (χ1) is 9.60. The standard InChI is InChI=1S/C15H24N4O/c1-2-3-10-4-6-11(7-5-10)18-15-12(16)8-9-13(19-15)14(17)20/h8-11H,2-7,16H2,1H3,(H2,17,20)(H,18,19). The summed E-state index contributed by atoms with van der Waals surface area (Å²) in [4.78, 5) is 15.4. The highest BCUT2D eigenvalue weighted by Gasteiger charge is 2.21. The van der Waals surface area contributed by atoms with Crippen LogP contribution in [-0.2, 0) is 0 Å². The van der Waals surface area contributed by atoms with Gasteiger partial charge in [0.2, 0.25) is 0 Å². The molecule has 5 nitrogen and oxygen atoms in total. The van der Waals surface area contributed by atoms with E-state index in [-0.39, 0.29) is 5.69 Å². The highest BCUT2D eigenvalue weighted by molar-refractivity contribution is 5.91. The van der Waals surface area contributed by atoms with Crippen molar-refractivity contribution in [1.82, 2.24) is 4.98 Å². The third-order valence-electron chi connectivity index (χ3n) is 4.06. The van der Waals surface area contributed by atoms with Gasteiger partial charge < -0.3 is 16.8 Å². The number of aromatic nitrogens is 1. The summed E-state index contributed by atoms with van der Waals surface area (Å²) >= 11 is 0. The van der Waals surface area contributed by atoms with E-state index >= 15 is 0 Å². The molecular weight excluding hydrogens is 252 g/mol. The molecule has 20 heavy (non-hydrogen) atoms. The molecule has 110 valence electrons. The zero-order valence-corrected chi connectivity index (χ0v) is 12.1. The first-order valence-corrected chi connectivity index (χ1v) is 7.43. The van der Waals surface area contributed by atoms with Gasteiger partial charge in [-0.2, -0.15) is 0 Å². The predicted molar refractivity (Wildman–Crippen MR) is 81.4 cm³/mol. The minimum Gasteiger partial charge on any atom is -0.396 e. The number of nitrogens with two attached hydrogens (primary N) is 2. The predicted octanol–water partition coefficient (Wildman–Crippen LogP) is 2.53. The summed E-state index contributed by atoms with van der Waals surface area (Å²) < 4.78 is 0. The van der Waals surface area contributed by atoms with Crippen molar-refractivity contribution >= 4 is 17.4 Å². The maximum Gasteiger partial charge on any atom is 0.267 e. The molecule has 0 aliphatic heterocycles. The van der Waals surface area contributed by atoms with Crippen LogP contribution in [0.5, 0.6) is 0 Å². The normalized spacial score (nSPS) is 22.4. The SMILES string of the molecule is CCCC1CCC(Nc2nc(C(N)=O)ccc2N)CC1. The number of hydrogen-bond acceptors (Lipinski definition) is 4. The monoisotopic (exact) mass is 276 g/mol. The molecule has 0 saturated heterocycles. The van der Waals surface area contributed by atoms with Gasteiger partial charge in [-0.1, -0.05) is 19.8 Å². The minimum absolute atomic E-state index is 0.251. The Morgan fingerprint density at radius 2 is 2.05 bits per heavy atom. The van der Waals surface area contributed by atoms with Gasteiger partial charge in [0, 0.05) is 6.04 Å². The summed E-state index contributed by atoms with van der Waals surface area (Å²) in [6.07, 6.45) is 7.35. The average molecular weight is 276 g/mol. The van der Waals surface area contributed by atoms with E-state index in [2.05, 4.69) is 17.2 Å². The van der Waals surface area contributed by atoms with Crippen LogP contribution in [0.1, 0.15) is 55.9 Å². The van der Waals surface area contributed by atoms with Gasteiger partial charge in [-0.05, 0) is 43.7 Å². The molecule has 5 N–H and O–H groups in total. The second-order valence-corrected chi connectivity index (χ2v) is 5.65. The van der Waals surface area contributed by atoms with Gasteiger partial charge in [-0.3, -0.25) is 4.79 Å². The van der Waals surface area contributed by atoms with Gasteiger partial charge in [0.1, 0.15) is 11.5 Å².